The second kappa shape index (κ2) is 4.29. The van der Waals surface area contributed by atoms with Gasteiger partial charge in [0.2, 0.25) is 0 Å². The quantitative estimate of drug-likeness (QED) is 0.623. The van der Waals surface area contributed by atoms with Crippen LogP contribution < -0.4 is 5.73 Å². The minimum atomic E-state index is -0.814. The molecular formula is C11H13FN2O3. The molecule has 1 aromatic rings. The largest absolute Gasteiger partial charge is 0.502 e. The van der Waals surface area contributed by atoms with Crippen molar-refractivity contribution in [3.05, 3.63) is 33.6 Å². The lowest BCUT2D eigenvalue weighted by Gasteiger charge is -2.13. The molecule has 0 amide bonds. The molecule has 1 aliphatic rings. The van der Waals surface area contributed by atoms with Crippen molar-refractivity contribution in [2.75, 3.05) is 0 Å². The van der Waals surface area contributed by atoms with Crippen molar-refractivity contribution in [2.24, 2.45) is 11.7 Å². The lowest BCUT2D eigenvalue weighted by atomic mass is 10.00. The summed E-state index contributed by atoms with van der Waals surface area (Å²) >= 11 is 0. The average molecular weight is 240 g/mol. The first-order valence-corrected chi connectivity index (χ1v) is 5.41. The zero-order valence-corrected chi connectivity index (χ0v) is 9.10. The number of phenolic OH excluding ortho intramolecular Hbond substituents is 1. The molecule has 1 saturated carbocycles. The van der Waals surface area contributed by atoms with Crippen molar-refractivity contribution in [3.63, 3.8) is 0 Å². The molecule has 0 bridgehead atoms. The predicted molar refractivity (Wildman–Crippen MR) is 59.0 cm³/mol. The van der Waals surface area contributed by atoms with Crippen LogP contribution in [-0.4, -0.2) is 10.0 Å². The molecule has 1 atom stereocenters. The number of hydrogen-bond donors (Lipinski definition) is 2. The van der Waals surface area contributed by atoms with Crippen LogP contribution in [0.25, 0.3) is 0 Å². The van der Waals surface area contributed by atoms with Crippen molar-refractivity contribution in [1.82, 2.24) is 0 Å². The number of nitro benzene ring substituents is 1. The Morgan fingerprint density at radius 3 is 2.76 bits per heavy atom. The minimum absolute atomic E-state index is 0.114. The molecule has 5 nitrogen and oxygen atoms in total. The predicted octanol–water partition coefficient (Wildman–Crippen LogP) is 2.24. The Hall–Kier alpha value is -1.69. The van der Waals surface area contributed by atoms with E-state index >= 15 is 0 Å². The van der Waals surface area contributed by atoms with E-state index in [0.717, 1.165) is 18.9 Å². The molecular weight excluding hydrogens is 227 g/mol. The number of nitrogens with zero attached hydrogens (tertiary/aromatic N) is 1. The first-order valence-electron chi connectivity index (χ1n) is 5.41. The smallest absolute Gasteiger partial charge is 0.313 e. The molecule has 0 unspecified atom stereocenters. The van der Waals surface area contributed by atoms with Crippen LogP contribution in [0.5, 0.6) is 5.75 Å². The molecule has 0 aliphatic heterocycles. The highest BCUT2D eigenvalue weighted by Gasteiger charge is 2.28. The van der Waals surface area contributed by atoms with E-state index in [1.807, 2.05) is 0 Å². The third kappa shape index (κ3) is 2.52. The van der Waals surface area contributed by atoms with Gasteiger partial charge in [0, 0.05) is 11.6 Å². The van der Waals surface area contributed by atoms with Crippen LogP contribution in [0.3, 0.4) is 0 Å². The van der Waals surface area contributed by atoms with Gasteiger partial charge >= 0.3 is 5.69 Å². The van der Waals surface area contributed by atoms with Crippen LogP contribution >= 0.6 is 0 Å². The van der Waals surface area contributed by atoms with Gasteiger partial charge in [-0.2, -0.15) is 0 Å². The number of nitro groups is 1. The normalized spacial score (nSPS) is 16.8. The van der Waals surface area contributed by atoms with Crippen molar-refractivity contribution < 1.29 is 14.4 Å². The van der Waals surface area contributed by atoms with Crippen molar-refractivity contribution in [3.8, 4) is 5.75 Å². The number of benzene rings is 1. The maximum atomic E-state index is 13.2. The van der Waals surface area contributed by atoms with Gasteiger partial charge in [-0.15, -0.1) is 0 Å². The number of rotatable bonds is 4. The van der Waals surface area contributed by atoms with Crippen LogP contribution in [0.2, 0.25) is 0 Å². The molecule has 2 rings (SSSR count). The van der Waals surface area contributed by atoms with E-state index in [2.05, 4.69) is 0 Å². The number of halogens is 1. The fourth-order valence-corrected chi connectivity index (χ4v) is 1.87. The first-order chi connectivity index (χ1) is 7.99. The van der Waals surface area contributed by atoms with Crippen LogP contribution in [0.4, 0.5) is 10.1 Å². The van der Waals surface area contributed by atoms with Gasteiger partial charge < -0.3 is 10.8 Å². The summed E-state index contributed by atoms with van der Waals surface area (Å²) in [5.74, 6) is -0.785. The zero-order chi connectivity index (χ0) is 12.6. The molecule has 92 valence electrons. The lowest BCUT2D eigenvalue weighted by Crippen LogP contribution is -2.12. The van der Waals surface area contributed by atoms with Crippen LogP contribution in [0, 0.1) is 21.8 Å². The van der Waals surface area contributed by atoms with Crippen LogP contribution in [0.1, 0.15) is 30.9 Å². The van der Waals surface area contributed by atoms with Crippen molar-refractivity contribution in [1.29, 1.82) is 0 Å². The highest BCUT2D eigenvalue weighted by molar-refractivity contribution is 5.52. The number of aromatic hydroxyl groups is 1. The highest BCUT2D eigenvalue weighted by Crippen LogP contribution is 2.41. The molecule has 1 aromatic carbocycles. The maximum Gasteiger partial charge on any atom is 0.313 e. The molecule has 0 saturated heterocycles. The maximum absolute atomic E-state index is 13.2. The standard InChI is InChI=1S/C11H13FN2O3/c12-7-4-8(9(13)3-6-1-2-6)11(15)10(5-7)14(16)17/h4-6,9,15H,1-3,13H2/t9-/m1/s1. The lowest BCUT2D eigenvalue weighted by molar-refractivity contribution is -0.386. The third-order valence-corrected chi connectivity index (χ3v) is 2.96. The number of hydrogen-bond acceptors (Lipinski definition) is 4. The summed E-state index contributed by atoms with van der Waals surface area (Å²) in [6.07, 6.45) is 2.77. The van der Waals surface area contributed by atoms with Crippen molar-refractivity contribution >= 4 is 5.69 Å². The van der Waals surface area contributed by atoms with Crippen LogP contribution in [0.15, 0.2) is 12.1 Å². The van der Waals surface area contributed by atoms with E-state index in [1.54, 1.807) is 0 Å². The topological polar surface area (TPSA) is 89.4 Å². The molecule has 0 spiro atoms. The summed E-state index contributed by atoms with van der Waals surface area (Å²) in [6.45, 7) is 0. The molecule has 0 radical (unpaired) electrons. The molecule has 0 heterocycles. The van der Waals surface area contributed by atoms with Gasteiger partial charge in [-0.1, -0.05) is 12.8 Å². The molecule has 3 N–H and O–H groups in total. The Labute approximate surface area is 97.2 Å². The summed E-state index contributed by atoms with van der Waals surface area (Å²) < 4.78 is 13.2. The number of nitrogens with two attached hydrogens (primary N) is 1. The van der Waals surface area contributed by atoms with Crippen LogP contribution in [-0.2, 0) is 0 Å². The SMILES string of the molecule is N[C@H](CC1CC1)c1cc(F)cc([N+](=O)[O-])c1O. The van der Waals surface area contributed by atoms with Crippen molar-refractivity contribution in [2.45, 2.75) is 25.3 Å². The number of phenols is 1. The van der Waals surface area contributed by atoms with E-state index in [0.29, 0.717) is 18.4 Å². The Morgan fingerprint density at radius 1 is 1.59 bits per heavy atom. The van der Waals surface area contributed by atoms with Gasteiger partial charge in [-0.3, -0.25) is 10.1 Å². The molecule has 17 heavy (non-hydrogen) atoms. The summed E-state index contributed by atoms with van der Waals surface area (Å²) in [4.78, 5) is 9.81. The third-order valence-electron chi connectivity index (χ3n) is 2.96. The fourth-order valence-electron chi connectivity index (χ4n) is 1.87. The Bertz CT molecular complexity index is 460. The van der Waals surface area contributed by atoms with Gasteiger partial charge in [0.1, 0.15) is 5.82 Å². The van der Waals surface area contributed by atoms with E-state index in [1.165, 1.54) is 0 Å². The summed E-state index contributed by atoms with van der Waals surface area (Å²) in [7, 11) is 0. The molecule has 1 fully saturated rings. The average Bonchev–Trinajstić information content (AvgIpc) is 3.04. The highest BCUT2D eigenvalue weighted by atomic mass is 19.1. The first kappa shape index (κ1) is 11.8. The van der Waals surface area contributed by atoms with E-state index < -0.39 is 28.2 Å². The second-order valence-electron chi connectivity index (χ2n) is 4.41. The van der Waals surface area contributed by atoms with E-state index in [9.17, 15) is 19.6 Å². The van der Waals surface area contributed by atoms with Gasteiger partial charge in [0.05, 0.1) is 11.0 Å². The van der Waals surface area contributed by atoms with Gasteiger partial charge in [0.25, 0.3) is 0 Å². The summed E-state index contributed by atoms with van der Waals surface area (Å²) in [5.41, 5.74) is 5.31. The zero-order valence-electron chi connectivity index (χ0n) is 9.10. The minimum Gasteiger partial charge on any atom is -0.502 e. The Kier molecular flexibility index (Phi) is 2.97. The van der Waals surface area contributed by atoms with E-state index in [-0.39, 0.29) is 5.56 Å². The molecule has 6 heteroatoms. The summed E-state index contributed by atoms with van der Waals surface area (Å²) in [5, 5.41) is 20.3. The van der Waals surface area contributed by atoms with E-state index in [4.69, 9.17) is 5.73 Å². The fraction of sp³-hybridized carbons (Fsp3) is 0.455. The van der Waals surface area contributed by atoms with Gasteiger partial charge in [-0.05, 0) is 18.4 Å². The molecule has 0 aromatic heterocycles. The second-order valence-corrected chi connectivity index (χ2v) is 4.41. The van der Waals surface area contributed by atoms with Gasteiger partial charge in [0.15, 0.2) is 5.75 Å². The molecule has 1 aliphatic carbocycles. The monoisotopic (exact) mass is 240 g/mol. The van der Waals surface area contributed by atoms with Gasteiger partial charge in [-0.25, -0.2) is 4.39 Å². The summed E-state index contributed by atoms with van der Waals surface area (Å²) in [6, 6.07) is 1.20. The Balaban J connectivity index is 2.34. The Morgan fingerprint density at radius 2 is 2.24 bits per heavy atom.